The molecule has 4 atom stereocenters. The summed E-state index contributed by atoms with van der Waals surface area (Å²) >= 11 is 0. The predicted molar refractivity (Wildman–Crippen MR) is 151 cm³/mol. The molecule has 0 unspecified atom stereocenters. The number of ether oxygens (including phenoxy) is 2. The molecule has 1 aromatic carbocycles. The number of methoxy groups -OCH3 is 1. The van der Waals surface area contributed by atoms with Crippen molar-refractivity contribution in [1.82, 2.24) is 24.6 Å². The first-order chi connectivity index (χ1) is 19.2. The Morgan fingerprint density at radius 2 is 1.98 bits per heavy atom. The minimum atomic E-state index is -3.95. The van der Waals surface area contributed by atoms with Crippen LogP contribution in [0.4, 0.5) is 11.8 Å². The number of carbonyl (C=O) groups excluding carboxylic acids is 1. The van der Waals surface area contributed by atoms with Gasteiger partial charge in [-0.05, 0) is 39.3 Å². The third-order valence-corrected chi connectivity index (χ3v) is 7.67. The summed E-state index contributed by atoms with van der Waals surface area (Å²) in [6, 6.07) is 7.65. The van der Waals surface area contributed by atoms with Gasteiger partial charge >= 0.3 is 13.7 Å². The number of fused-ring (bicyclic) bond motifs is 1. The van der Waals surface area contributed by atoms with Gasteiger partial charge in [0, 0.05) is 19.6 Å². The van der Waals surface area contributed by atoms with Crippen molar-refractivity contribution in [3.05, 3.63) is 48.8 Å². The summed E-state index contributed by atoms with van der Waals surface area (Å²) < 4.78 is 37.6. The van der Waals surface area contributed by atoms with Gasteiger partial charge in [0.25, 0.3) is 0 Å². The first-order valence-corrected chi connectivity index (χ1v) is 14.6. The van der Waals surface area contributed by atoms with Crippen LogP contribution >= 0.6 is 7.75 Å². The van der Waals surface area contributed by atoms with Crippen LogP contribution in [-0.2, 0) is 23.4 Å². The monoisotopic (exact) mass is 573 g/mol. The maximum atomic E-state index is 13.8. The van der Waals surface area contributed by atoms with Gasteiger partial charge < -0.3 is 29.6 Å². The van der Waals surface area contributed by atoms with Gasteiger partial charge in [0.15, 0.2) is 17.0 Å². The highest BCUT2D eigenvalue weighted by Gasteiger charge is 2.34. The number of nitrogens with two attached hydrogens (primary N) is 1. The molecule has 216 valence electrons. The number of anilines is 2. The molecular formula is C26H36N7O6P. The lowest BCUT2D eigenvalue weighted by atomic mass is 10.1. The molecule has 0 fully saturated rings. The molecule has 0 radical (unpaired) electrons. The number of hydrogen-bond donors (Lipinski definition) is 3. The molecule has 0 amide bonds. The molecule has 0 saturated heterocycles. The fourth-order valence-electron chi connectivity index (χ4n) is 4.18. The Morgan fingerprint density at radius 3 is 2.70 bits per heavy atom. The van der Waals surface area contributed by atoms with Crippen molar-refractivity contribution in [3.8, 4) is 5.75 Å². The number of nitrogens with zero attached hydrogens (tertiary/aromatic N) is 4. The van der Waals surface area contributed by atoms with Crippen LogP contribution in [0.3, 0.4) is 0 Å². The second-order valence-electron chi connectivity index (χ2n) is 9.66. The van der Waals surface area contributed by atoms with Crippen LogP contribution in [0.5, 0.6) is 5.75 Å². The smallest absolute Gasteiger partial charge is 0.459 e. The number of nitrogens with one attached hydrogen (secondary N) is 2. The number of allylic oxidation sites excluding steroid dienone is 1. The molecular weight excluding hydrogens is 537 g/mol. The van der Waals surface area contributed by atoms with E-state index in [1.807, 2.05) is 22.8 Å². The molecule has 2 aromatic heterocycles. The van der Waals surface area contributed by atoms with Crippen LogP contribution in [0.1, 0.15) is 33.2 Å². The van der Waals surface area contributed by atoms with Crippen molar-refractivity contribution in [2.24, 2.45) is 5.92 Å². The Balaban J connectivity index is 1.44. The fourth-order valence-corrected chi connectivity index (χ4v) is 5.73. The molecule has 14 heteroatoms. The van der Waals surface area contributed by atoms with Crippen molar-refractivity contribution >= 4 is 36.6 Å². The largest absolute Gasteiger partial charge is 0.462 e. The van der Waals surface area contributed by atoms with Crippen molar-refractivity contribution < 1.29 is 27.9 Å². The molecule has 1 aliphatic rings. The molecule has 13 nitrogen and oxygen atoms in total. The van der Waals surface area contributed by atoms with Gasteiger partial charge in [-0.2, -0.15) is 15.1 Å². The number of aromatic nitrogens is 4. The van der Waals surface area contributed by atoms with E-state index >= 15 is 0 Å². The first kappa shape index (κ1) is 29.5. The van der Waals surface area contributed by atoms with E-state index in [0.717, 1.165) is 0 Å². The number of rotatable bonds is 14. The second kappa shape index (κ2) is 13.2. The maximum Gasteiger partial charge on any atom is 0.459 e. The minimum Gasteiger partial charge on any atom is -0.462 e. The van der Waals surface area contributed by atoms with Gasteiger partial charge in [-0.1, -0.05) is 30.4 Å². The molecule has 4 rings (SSSR count). The van der Waals surface area contributed by atoms with Gasteiger partial charge in [-0.15, -0.1) is 0 Å². The number of benzene rings is 1. The Kier molecular flexibility index (Phi) is 9.75. The van der Waals surface area contributed by atoms with E-state index in [2.05, 4.69) is 25.4 Å². The number of carbonyl (C=O) groups is 1. The SMILES string of the molecule is COCCNc1nc(N)nc2c1ncn2[C@H]1C=C[C@@H](CO[P@](=O)(N[C@@H](C)C(=O)OC(C)C)Oc2ccccc2)C1. The minimum absolute atomic E-state index is 0.0814. The topological polar surface area (TPSA) is 165 Å². The van der Waals surface area contributed by atoms with Gasteiger partial charge in [-0.3, -0.25) is 9.32 Å². The Bertz CT molecular complexity index is 1370. The molecule has 0 bridgehead atoms. The lowest BCUT2D eigenvalue weighted by Gasteiger charge is -2.24. The van der Waals surface area contributed by atoms with Crippen molar-refractivity contribution in [2.75, 3.05) is 37.9 Å². The van der Waals surface area contributed by atoms with Crippen LogP contribution < -0.4 is 20.7 Å². The molecule has 0 spiro atoms. The average molecular weight is 574 g/mol. The second-order valence-corrected chi connectivity index (χ2v) is 11.3. The maximum absolute atomic E-state index is 13.8. The number of para-hydroxylation sites is 1. The lowest BCUT2D eigenvalue weighted by Crippen LogP contribution is -2.36. The quantitative estimate of drug-likeness (QED) is 0.111. The standard InChI is InChI=1S/C26H36N7O6P/c1-17(2)38-25(34)18(3)32-40(35,39-21-8-6-5-7-9-21)37-15-19-10-11-20(14-19)33-16-29-22-23(28-12-13-36-4)30-26(27)31-24(22)33/h5-11,16-20H,12-15H2,1-4H3,(H,32,35)(H3,27,28,30,31)/t18-,19+,20-,40+/m0/s1. The van der Waals surface area contributed by atoms with Gasteiger partial charge in [0.2, 0.25) is 5.95 Å². The van der Waals surface area contributed by atoms with E-state index in [0.29, 0.717) is 42.3 Å². The van der Waals surface area contributed by atoms with Gasteiger partial charge in [0.05, 0.1) is 31.7 Å². The molecule has 40 heavy (non-hydrogen) atoms. The van der Waals surface area contributed by atoms with Crippen molar-refractivity contribution in [2.45, 2.75) is 45.4 Å². The molecule has 0 aliphatic heterocycles. The summed E-state index contributed by atoms with van der Waals surface area (Å²) in [4.78, 5) is 25.6. The Hall–Kier alpha value is -3.51. The van der Waals surface area contributed by atoms with Crippen molar-refractivity contribution in [1.29, 1.82) is 0 Å². The summed E-state index contributed by atoms with van der Waals surface area (Å²) in [5, 5.41) is 5.90. The molecule has 1 aliphatic carbocycles. The van der Waals surface area contributed by atoms with Crippen LogP contribution in [0.15, 0.2) is 48.8 Å². The summed E-state index contributed by atoms with van der Waals surface area (Å²) in [6.45, 7) is 6.17. The van der Waals surface area contributed by atoms with E-state index in [4.69, 9.17) is 24.3 Å². The Morgan fingerprint density at radius 1 is 1.20 bits per heavy atom. The number of imidazole rings is 1. The van der Waals surface area contributed by atoms with Gasteiger partial charge in [0.1, 0.15) is 11.8 Å². The third kappa shape index (κ3) is 7.57. The van der Waals surface area contributed by atoms with Crippen LogP contribution in [0.2, 0.25) is 0 Å². The summed E-state index contributed by atoms with van der Waals surface area (Å²) in [5.74, 6) is 0.371. The molecule has 2 heterocycles. The van der Waals surface area contributed by atoms with E-state index in [1.165, 1.54) is 0 Å². The zero-order chi connectivity index (χ0) is 28.7. The van der Waals surface area contributed by atoms with E-state index < -0.39 is 19.8 Å². The lowest BCUT2D eigenvalue weighted by molar-refractivity contribution is -0.149. The number of esters is 1. The van der Waals surface area contributed by atoms with E-state index in [1.54, 1.807) is 58.5 Å². The highest BCUT2D eigenvalue weighted by atomic mass is 31.2. The first-order valence-electron chi connectivity index (χ1n) is 13.1. The molecule has 4 N–H and O–H groups in total. The average Bonchev–Trinajstić information content (AvgIpc) is 3.55. The summed E-state index contributed by atoms with van der Waals surface area (Å²) in [5.41, 5.74) is 7.17. The fraction of sp³-hybridized carbons (Fsp3) is 0.462. The van der Waals surface area contributed by atoms with E-state index in [9.17, 15) is 9.36 Å². The van der Waals surface area contributed by atoms with Crippen molar-refractivity contribution in [3.63, 3.8) is 0 Å². The summed E-state index contributed by atoms with van der Waals surface area (Å²) in [6.07, 6.45) is 6.03. The zero-order valence-corrected chi connectivity index (χ0v) is 23.9. The van der Waals surface area contributed by atoms with Crippen LogP contribution in [0, 0.1) is 5.92 Å². The Labute approximate surface area is 233 Å². The molecule has 0 saturated carbocycles. The summed E-state index contributed by atoms with van der Waals surface area (Å²) in [7, 11) is -2.33. The number of nitrogen functional groups attached to an aromatic ring is 1. The zero-order valence-electron chi connectivity index (χ0n) is 23.0. The molecule has 3 aromatic rings. The highest BCUT2D eigenvalue weighted by molar-refractivity contribution is 7.52. The third-order valence-electron chi connectivity index (χ3n) is 6.03. The van der Waals surface area contributed by atoms with E-state index in [-0.39, 0.29) is 30.6 Å². The normalized spacial score (nSPS) is 19.0. The van der Waals surface area contributed by atoms with Gasteiger partial charge in [-0.25, -0.2) is 9.55 Å². The number of hydrogen-bond acceptors (Lipinski definition) is 11. The van der Waals surface area contributed by atoms with Crippen LogP contribution in [0.25, 0.3) is 11.2 Å². The predicted octanol–water partition coefficient (Wildman–Crippen LogP) is 3.72. The highest BCUT2D eigenvalue weighted by Crippen LogP contribution is 2.46. The van der Waals surface area contributed by atoms with Crippen LogP contribution in [-0.4, -0.2) is 64.5 Å².